The zero-order valence-electron chi connectivity index (χ0n) is 9.78. The van der Waals surface area contributed by atoms with Crippen molar-refractivity contribution < 1.29 is 23.9 Å². The van der Waals surface area contributed by atoms with Crippen LogP contribution in [-0.4, -0.2) is 31.4 Å². The minimum atomic E-state index is -0.674. The highest BCUT2D eigenvalue weighted by Gasteiger charge is 2.12. The monoisotopic (exact) mass is 230 g/mol. The lowest BCUT2D eigenvalue weighted by Crippen LogP contribution is -2.17. The van der Waals surface area contributed by atoms with Crippen molar-refractivity contribution in [2.45, 2.75) is 39.0 Å². The van der Waals surface area contributed by atoms with Crippen LogP contribution in [0.25, 0.3) is 0 Å². The number of ketones is 1. The van der Waals surface area contributed by atoms with Crippen molar-refractivity contribution in [3.05, 3.63) is 0 Å². The van der Waals surface area contributed by atoms with Gasteiger partial charge in [0.25, 0.3) is 0 Å². The molecule has 0 aliphatic carbocycles. The molecule has 0 aromatic heterocycles. The fourth-order valence-corrected chi connectivity index (χ4v) is 1.07. The summed E-state index contributed by atoms with van der Waals surface area (Å²) in [5.74, 6) is -1.46. The molecule has 0 aliphatic rings. The van der Waals surface area contributed by atoms with Crippen molar-refractivity contribution in [1.82, 2.24) is 0 Å². The lowest BCUT2D eigenvalue weighted by atomic mass is 10.1. The van der Waals surface area contributed by atoms with Crippen LogP contribution < -0.4 is 0 Å². The lowest BCUT2D eigenvalue weighted by molar-refractivity contribution is -0.157. The fraction of sp³-hybridized carbons (Fsp3) is 0.727. The molecule has 0 heterocycles. The maximum atomic E-state index is 11.2. The summed E-state index contributed by atoms with van der Waals surface area (Å²) in [6, 6.07) is 0. The average Bonchev–Trinajstić information content (AvgIpc) is 2.26. The molecule has 0 aromatic rings. The van der Waals surface area contributed by atoms with Gasteiger partial charge in [0, 0.05) is 6.42 Å². The third-order valence-corrected chi connectivity index (χ3v) is 1.98. The molecule has 0 fully saturated rings. The molecule has 92 valence electrons. The topological polar surface area (TPSA) is 69.7 Å². The maximum absolute atomic E-state index is 11.2. The first-order valence-corrected chi connectivity index (χ1v) is 5.34. The van der Waals surface area contributed by atoms with Gasteiger partial charge in [-0.25, -0.2) is 4.79 Å². The van der Waals surface area contributed by atoms with Crippen LogP contribution in [-0.2, 0) is 23.9 Å². The van der Waals surface area contributed by atoms with Gasteiger partial charge in [-0.1, -0.05) is 19.8 Å². The number of hydrogen-bond donors (Lipinski definition) is 0. The van der Waals surface area contributed by atoms with Crippen molar-refractivity contribution in [3.8, 4) is 0 Å². The van der Waals surface area contributed by atoms with Crippen LogP contribution in [0.3, 0.4) is 0 Å². The van der Waals surface area contributed by atoms with Crippen LogP contribution >= 0.6 is 0 Å². The molecule has 0 radical (unpaired) electrons. The summed E-state index contributed by atoms with van der Waals surface area (Å²) < 4.78 is 8.82. The van der Waals surface area contributed by atoms with Gasteiger partial charge in [-0.2, -0.15) is 0 Å². The van der Waals surface area contributed by atoms with Crippen LogP contribution in [0, 0.1) is 0 Å². The van der Waals surface area contributed by atoms with E-state index in [4.69, 9.17) is 0 Å². The quantitative estimate of drug-likeness (QED) is 0.356. The number of carbonyl (C=O) groups is 3. The van der Waals surface area contributed by atoms with Gasteiger partial charge in [-0.3, -0.25) is 9.59 Å². The van der Waals surface area contributed by atoms with E-state index < -0.39 is 18.5 Å². The van der Waals surface area contributed by atoms with Gasteiger partial charge in [0.05, 0.1) is 7.11 Å². The number of hydrogen-bond acceptors (Lipinski definition) is 5. The van der Waals surface area contributed by atoms with Gasteiger partial charge in [-0.05, 0) is 6.42 Å². The summed E-state index contributed by atoms with van der Waals surface area (Å²) in [6.07, 6.45) is 2.92. The van der Waals surface area contributed by atoms with E-state index in [1.54, 1.807) is 0 Å². The largest absolute Gasteiger partial charge is 0.466 e. The third-order valence-electron chi connectivity index (χ3n) is 1.98. The highest BCUT2D eigenvalue weighted by Crippen LogP contribution is 2.02. The molecular formula is C11H18O5. The summed E-state index contributed by atoms with van der Waals surface area (Å²) in [6.45, 7) is 1.60. The van der Waals surface area contributed by atoms with E-state index >= 15 is 0 Å². The number of ether oxygens (including phenoxy) is 2. The van der Waals surface area contributed by atoms with Gasteiger partial charge in [0.15, 0.2) is 6.61 Å². The zero-order chi connectivity index (χ0) is 12.4. The molecule has 0 saturated carbocycles. The molecule has 0 aliphatic heterocycles. The summed E-state index contributed by atoms with van der Waals surface area (Å²) in [4.78, 5) is 32.9. The van der Waals surface area contributed by atoms with E-state index in [0.29, 0.717) is 6.42 Å². The van der Waals surface area contributed by atoms with Crippen molar-refractivity contribution in [2.75, 3.05) is 13.7 Å². The van der Waals surface area contributed by atoms with Gasteiger partial charge in [0.1, 0.15) is 12.2 Å². The molecule has 0 unspecified atom stereocenters. The third kappa shape index (κ3) is 7.96. The van der Waals surface area contributed by atoms with Crippen LogP contribution in [0.5, 0.6) is 0 Å². The second-order valence-electron chi connectivity index (χ2n) is 3.41. The average molecular weight is 230 g/mol. The summed E-state index contributed by atoms with van der Waals surface area (Å²) >= 11 is 0. The SMILES string of the molecule is CCCCCC(=O)CC(=O)OCC(=O)OC. The molecule has 16 heavy (non-hydrogen) atoms. The second kappa shape index (κ2) is 8.88. The molecule has 0 rings (SSSR count). The normalized spacial score (nSPS) is 9.62. The predicted octanol–water partition coefficient (Wildman–Crippen LogP) is 1.24. The van der Waals surface area contributed by atoms with Crippen molar-refractivity contribution >= 4 is 17.7 Å². The van der Waals surface area contributed by atoms with E-state index in [-0.39, 0.29) is 12.2 Å². The summed E-state index contributed by atoms with van der Waals surface area (Å²) in [5.41, 5.74) is 0. The Balaban J connectivity index is 3.62. The smallest absolute Gasteiger partial charge is 0.344 e. The molecule has 0 atom stereocenters. The predicted molar refractivity (Wildman–Crippen MR) is 56.7 cm³/mol. The van der Waals surface area contributed by atoms with E-state index in [1.165, 1.54) is 7.11 Å². The van der Waals surface area contributed by atoms with Crippen LogP contribution in [0.15, 0.2) is 0 Å². The molecule has 5 nitrogen and oxygen atoms in total. The Morgan fingerprint density at radius 3 is 2.31 bits per heavy atom. The highest BCUT2D eigenvalue weighted by atomic mass is 16.6. The number of rotatable bonds is 8. The Labute approximate surface area is 95.1 Å². The Hall–Kier alpha value is -1.39. The van der Waals surface area contributed by atoms with Crippen LogP contribution in [0.1, 0.15) is 39.0 Å². The maximum Gasteiger partial charge on any atom is 0.344 e. The Morgan fingerprint density at radius 2 is 1.75 bits per heavy atom. The second-order valence-corrected chi connectivity index (χ2v) is 3.41. The van der Waals surface area contributed by atoms with E-state index in [2.05, 4.69) is 9.47 Å². The molecular weight excluding hydrogens is 212 g/mol. The Morgan fingerprint density at radius 1 is 1.06 bits per heavy atom. The highest BCUT2D eigenvalue weighted by molar-refractivity contribution is 5.95. The molecule has 0 N–H and O–H groups in total. The summed E-state index contributed by atoms with van der Waals surface area (Å²) in [5, 5.41) is 0. The van der Waals surface area contributed by atoms with Crippen molar-refractivity contribution in [2.24, 2.45) is 0 Å². The Bertz CT molecular complexity index is 247. The Kier molecular flexibility index (Phi) is 8.11. The number of Topliss-reactive ketones (excluding diaryl/α,β-unsaturated/α-hetero) is 1. The first kappa shape index (κ1) is 14.6. The molecule has 5 heteroatoms. The minimum Gasteiger partial charge on any atom is -0.466 e. The van der Waals surface area contributed by atoms with E-state index in [0.717, 1.165) is 19.3 Å². The summed E-state index contributed by atoms with van der Waals surface area (Å²) in [7, 11) is 1.20. The van der Waals surface area contributed by atoms with Crippen molar-refractivity contribution in [1.29, 1.82) is 0 Å². The first-order chi connectivity index (χ1) is 7.60. The van der Waals surface area contributed by atoms with E-state index in [1.807, 2.05) is 6.92 Å². The molecule has 0 saturated heterocycles. The molecule has 0 spiro atoms. The zero-order valence-corrected chi connectivity index (χ0v) is 9.78. The van der Waals surface area contributed by atoms with Crippen molar-refractivity contribution in [3.63, 3.8) is 0 Å². The minimum absolute atomic E-state index is 0.150. The number of methoxy groups -OCH3 is 1. The van der Waals surface area contributed by atoms with Crippen LogP contribution in [0.4, 0.5) is 0 Å². The number of unbranched alkanes of at least 4 members (excludes halogenated alkanes) is 2. The number of esters is 2. The van der Waals surface area contributed by atoms with Crippen LogP contribution in [0.2, 0.25) is 0 Å². The van der Waals surface area contributed by atoms with Gasteiger partial charge >= 0.3 is 11.9 Å². The molecule has 0 amide bonds. The first-order valence-electron chi connectivity index (χ1n) is 5.34. The molecule has 0 aromatic carbocycles. The van der Waals surface area contributed by atoms with Gasteiger partial charge in [-0.15, -0.1) is 0 Å². The van der Waals surface area contributed by atoms with Gasteiger partial charge < -0.3 is 9.47 Å². The fourth-order valence-electron chi connectivity index (χ4n) is 1.07. The molecule has 0 bridgehead atoms. The lowest BCUT2D eigenvalue weighted by Gasteiger charge is -2.02. The standard InChI is InChI=1S/C11H18O5/c1-3-4-5-6-9(12)7-10(13)16-8-11(14)15-2/h3-8H2,1-2H3. The van der Waals surface area contributed by atoms with Gasteiger partial charge in [0.2, 0.25) is 0 Å². The van der Waals surface area contributed by atoms with E-state index in [9.17, 15) is 14.4 Å². The number of carbonyl (C=O) groups excluding carboxylic acids is 3.